The van der Waals surface area contributed by atoms with Crippen molar-refractivity contribution >= 4 is 28.9 Å². The SMILES string of the molecule is CCN(CCC#N)C(C)C(=O)Nc1ccc(Cl)c(N)c1. The lowest BCUT2D eigenvalue weighted by atomic mass is 10.2. The van der Waals surface area contributed by atoms with Gasteiger partial charge in [0.05, 0.1) is 22.8 Å². The first-order valence-electron chi connectivity index (χ1n) is 6.46. The van der Waals surface area contributed by atoms with Crippen LogP contribution >= 0.6 is 11.6 Å². The second-order valence-electron chi connectivity index (χ2n) is 4.44. The van der Waals surface area contributed by atoms with Crippen LogP contribution in [0.1, 0.15) is 20.3 Å². The number of anilines is 2. The van der Waals surface area contributed by atoms with Crippen molar-refractivity contribution < 1.29 is 4.79 Å². The zero-order valence-corrected chi connectivity index (χ0v) is 12.4. The Morgan fingerprint density at radius 3 is 2.85 bits per heavy atom. The van der Waals surface area contributed by atoms with Crippen LogP contribution in [-0.4, -0.2) is 29.9 Å². The number of likely N-dealkylation sites (N-methyl/N-ethyl adjacent to an activating group) is 1. The lowest BCUT2D eigenvalue weighted by Gasteiger charge is -2.26. The van der Waals surface area contributed by atoms with Gasteiger partial charge in [0.15, 0.2) is 0 Å². The molecule has 1 amide bonds. The number of carbonyl (C=O) groups excluding carboxylic acids is 1. The van der Waals surface area contributed by atoms with Gasteiger partial charge in [0.1, 0.15) is 0 Å². The highest BCUT2D eigenvalue weighted by Gasteiger charge is 2.19. The molecule has 0 fully saturated rings. The molecule has 0 aromatic heterocycles. The Morgan fingerprint density at radius 2 is 2.30 bits per heavy atom. The fourth-order valence-corrected chi connectivity index (χ4v) is 1.97. The molecule has 6 heteroatoms. The van der Waals surface area contributed by atoms with Crippen LogP contribution in [0.25, 0.3) is 0 Å². The standard InChI is InChI=1S/C14H19ClN4O/c1-3-19(8-4-7-16)10(2)14(20)18-11-5-6-12(15)13(17)9-11/h5-6,9-10H,3-4,8,17H2,1-2H3,(H,18,20). The van der Waals surface area contributed by atoms with Crippen molar-refractivity contribution in [3.05, 3.63) is 23.2 Å². The molecule has 108 valence electrons. The lowest BCUT2D eigenvalue weighted by Crippen LogP contribution is -2.42. The van der Waals surface area contributed by atoms with Crippen molar-refractivity contribution in [2.45, 2.75) is 26.3 Å². The summed E-state index contributed by atoms with van der Waals surface area (Å²) >= 11 is 5.83. The number of benzene rings is 1. The van der Waals surface area contributed by atoms with Crippen LogP contribution in [0.15, 0.2) is 18.2 Å². The van der Waals surface area contributed by atoms with E-state index in [9.17, 15) is 4.79 Å². The largest absolute Gasteiger partial charge is 0.397 e. The van der Waals surface area contributed by atoms with Gasteiger partial charge < -0.3 is 11.1 Å². The molecule has 0 radical (unpaired) electrons. The maximum atomic E-state index is 12.2. The van der Waals surface area contributed by atoms with Gasteiger partial charge in [-0.25, -0.2) is 0 Å². The van der Waals surface area contributed by atoms with Gasteiger partial charge in [-0.2, -0.15) is 5.26 Å². The third-order valence-corrected chi connectivity index (χ3v) is 3.45. The van der Waals surface area contributed by atoms with Gasteiger partial charge in [-0.05, 0) is 31.7 Å². The number of amides is 1. The maximum absolute atomic E-state index is 12.2. The van der Waals surface area contributed by atoms with Crippen LogP contribution in [0.2, 0.25) is 5.02 Å². The minimum atomic E-state index is -0.315. The van der Waals surface area contributed by atoms with Gasteiger partial charge in [-0.1, -0.05) is 18.5 Å². The Hall–Kier alpha value is -1.77. The van der Waals surface area contributed by atoms with Crippen molar-refractivity contribution in [1.29, 1.82) is 5.26 Å². The summed E-state index contributed by atoms with van der Waals surface area (Å²) in [7, 11) is 0. The summed E-state index contributed by atoms with van der Waals surface area (Å²) in [5.74, 6) is -0.133. The Bertz CT molecular complexity index is 512. The van der Waals surface area contributed by atoms with E-state index >= 15 is 0 Å². The molecule has 1 unspecified atom stereocenters. The molecule has 3 N–H and O–H groups in total. The number of nitriles is 1. The molecule has 0 heterocycles. The Morgan fingerprint density at radius 1 is 1.60 bits per heavy atom. The van der Waals surface area contributed by atoms with Crippen LogP contribution in [0.5, 0.6) is 0 Å². The summed E-state index contributed by atoms with van der Waals surface area (Å²) in [6.07, 6.45) is 0.402. The summed E-state index contributed by atoms with van der Waals surface area (Å²) in [5.41, 5.74) is 6.73. The van der Waals surface area contributed by atoms with Crippen molar-refractivity contribution in [2.24, 2.45) is 0 Å². The van der Waals surface area contributed by atoms with Gasteiger partial charge in [0.2, 0.25) is 5.91 Å². The summed E-state index contributed by atoms with van der Waals surface area (Å²) in [6, 6.07) is 6.74. The first-order chi connectivity index (χ1) is 9.49. The smallest absolute Gasteiger partial charge is 0.241 e. The zero-order chi connectivity index (χ0) is 15.1. The van der Waals surface area contributed by atoms with E-state index < -0.39 is 0 Å². The first kappa shape index (κ1) is 16.3. The van der Waals surface area contributed by atoms with Gasteiger partial charge in [-0.15, -0.1) is 0 Å². The number of nitrogens with one attached hydrogen (secondary N) is 1. The topological polar surface area (TPSA) is 82.2 Å². The van der Waals surface area contributed by atoms with Crippen LogP contribution in [0, 0.1) is 11.3 Å². The highest BCUT2D eigenvalue weighted by molar-refractivity contribution is 6.33. The molecule has 5 nitrogen and oxygen atoms in total. The molecule has 20 heavy (non-hydrogen) atoms. The fraction of sp³-hybridized carbons (Fsp3) is 0.429. The van der Waals surface area contributed by atoms with Crippen LogP contribution in [-0.2, 0) is 4.79 Å². The number of rotatable bonds is 6. The molecular weight excluding hydrogens is 276 g/mol. The molecule has 1 rings (SSSR count). The molecule has 0 saturated heterocycles. The van der Waals surface area contributed by atoms with E-state index in [4.69, 9.17) is 22.6 Å². The Balaban J connectivity index is 2.69. The quantitative estimate of drug-likeness (QED) is 0.790. The predicted molar refractivity (Wildman–Crippen MR) is 81.4 cm³/mol. The summed E-state index contributed by atoms with van der Waals surface area (Å²) in [4.78, 5) is 14.1. The van der Waals surface area contributed by atoms with E-state index in [1.54, 1.807) is 18.2 Å². The predicted octanol–water partition coefficient (Wildman–Crippen LogP) is 2.48. The normalized spacial score (nSPS) is 11.9. The van der Waals surface area contributed by atoms with E-state index in [0.29, 0.717) is 35.9 Å². The average Bonchev–Trinajstić information content (AvgIpc) is 2.43. The number of nitrogen functional groups attached to an aromatic ring is 1. The zero-order valence-electron chi connectivity index (χ0n) is 11.7. The van der Waals surface area contributed by atoms with Crippen LogP contribution in [0.3, 0.4) is 0 Å². The number of nitrogens with two attached hydrogens (primary N) is 1. The van der Waals surface area contributed by atoms with E-state index in [0.717, 1.165) is 0 Å². The monoisotopic (exact) mass is 294 g/mol. The van der Waals surface area contributed by atoms with Gasteiger partial charge in [-0.3, -0.25) is 9.69 Å². The maximum Gasteiger partial charge on any atom is 0.241 e. The molecule has 0 aliphatic heterocycles. The van der Waals surface area contributed by atoms with Crippen molar-refractivity contribution in [3.63, 3.8) is 0 Å². The first-order valence-corrected chi connectivity index (χ1v) is 6.84. The minimum Gasteiger partial charge on any atom is -0.397 e. The minimum absolute atomic E-state index is 0.133. The second-order valence-corrected chi connectivity index (χ2v) is 4.85. The molecule has 0 spiro atoms. The van der Waals surface area contributed by atoms with E-state index in [1.807, 2.05) is 18.7 Å². The second kappa shape index (κ2) is 7.73. The molecular formula is C14H19ClN4O. The molecule has 0 aliphatic carbocycles. The van der Waals surface area contributed by atoms with E-state index in [-0.39, 0.29) is 11.9 Å². The molecule has 0 aliphatic rings. The van der Waals surface area contributed by atoms with Crippen LogP contribution < -0.4 is 11.1 Å². The fourth-order valence-electron chi connectivity index (χ4n) is 1.85. The van der Waals surface area contributed by atoms with Crippen molar-refractivity contribution in [3.8, 4) is 6.07 Å². The van der Waals surface area contributed by atoms with Gasteiger partial charge in [0, 0.05) is 18.7 Å². The molecule has 1 aromatic carbocycles. The molecule has 0 saturated carbocycles. The summed E-state index contributed by atoms with van der Waals surface area (Å²) < 4.78 is 0. The third-order valence-electron chi connectivity index (χ3n) is 3.11. The molecule has 0 bridgehead atoms. The number of halogens is 1. The van der Waals surface area contributed by atoms with Crippen LogP contribution in [0.4, 0.5) is 11.4 Å². The average molecular weight is 295 g/mol. The molecule has 1 aromatic rings. The van der Waals surface area contributed by atoms with Crippen molar-refractivity contribution in [1.82, 2.24) is 4.90 Å². The van der Waals surface area contributed by atoms with Crippen molar-refractivity contribution in [2.75, 3.05) is 24.1 Å². The number of nitrogens with zero attached hydrogens (tertiary/aromatic N) is 2. The number of hydrogen-bond donors (Lipinski definition) is 2. The molecule has 1 atom stereocenters. The summed E-state index contributed by atoms with van der Waals surface area (Å²) in [6.45, 7) is 5.06. The lowest BCUT2D eigenvalue weighted by molar-refractivity contribution is -0.120. The van der Waals surface area contributed by atoms with E-state index in [2.05, 4.69) is 11.4 Å². The van der Waals surface area contributed by atoms with Gasteiger partial charge >= 0.3 is 0 Å². The third kappa shape index (κ3) is 4.41. The Labute approximate surface area is 124 Å². The number of hydrogen-bond acceptors (Lipinski definition) is 4. The van der Waals surface area contributed by atoms with E-state index in [1.165, 1.54) is 0 Å². The Kier molecular flexibility index (Phi) is 6.29. The van der Waals surface area contributed by atoms with Gasteiger partial charge in [0.25, 0.3) is 0 Å². The summed E-state index contributed by atoms with van der Waals surface area (Å²) in [5, 5.41) is 11.9. The number of carbonyl (C=O) groups is 1. The highest BCUT2D eigenvalue weighted by atomic mass is 35.5. The highest BCUT2D eigenvalue weighted by Crippen LogP contribution is 2.22.